The maximum absolute atomic E-state index is 12.6. The smallest absolute Gasteiger partial charge is 0.195 e. The number of hydrogen-bond donors (Lipinski definition) is 0. The van der Waals surface area contributed by atoms with Crippen molar-refractivity contribution in [1.29, 1.82) is 0 Å². The molecule has 26 heavy (non-hydrogen) atoms. The molecule has 0 saturated heterocycles. The Balaban J connectivity index is 1.52. The number of para-hydroxylation sites is 1. The van der Waals surface area contributed by atoms with Gasteiger partial charge in [-0.3, -0.25) is 4.79 Å². The second kappa shape index (κ2) is 8.41. The van der Waals surface area contributed by atoms with Crippen molar-refractivity contribution >= 4 is 17.5 Å². The first-order valence-electron chi connectivity index (χ1n) is 8.96. The van der Waals surface area contributed by atoms with Crippen LogP contribution in [0.5, 0.6) is 5.75 Å². The standard InChI is InChI=1S/C23H24O2S/c1-18-22(24)21(26-20-13-7-4-8-14-20)17-23(18,2)15-9-10-16-25-19-11-5-3-6-12-19/h3-8,11-14,17H,1,9-10,15-16H2,2H3. The van der Waals surface area contributed by atoms with E-state index in [1.165, 1.54) is 11.8 Å². The van der Waals surface area contributed by atoms with Crippen LogP contribution in [0.3, 0.4) is 0 Å². The Bertz CT molecular complexity index is 795. The van der Waals surface area contributed by atoms with Crippen LogP contribution in [0, 0.1) is 5.41 Å². The number of carbonyl (C=O) groups is 1. The zero-order valence-electron chi connectivity index (χ0n) is 15.1. The lowest BCUT2D eigenvalue weighted by Gasteiger charge is -2.22. The van der Waals surface area contributed by atoms with E-state index in [9.17, 15) is 4.79 Å². The number of hydrogen-bond acceptors (Lipinski definition) is 3. The minimum absolute atomic E-state index is 0.0851. The number of Topliss-reactive ketones (excluding diaryl/α,β-unsaturated/α-hetero) is 1. The van der Waals surface area contributed by atoms with Gasteiger partial charge < -0.3 is 4.74 Å². The third-order valence-electron chi connectivity index (χ3n) is 4.71. The lowest BCUT2D eigenvalue weighted by atomic mass is 9.81. The van der Waals surface area contributed by atoms with E-state index in [2.05, 4.69) is 19.6 Å². The van der Waals surface area contributed by atoms with Crippen LogP contribution in [0.2, 0.25) is 0 Å². The average Bonchev–Trinajstić information content (AvgIpc) is 2.87. The summed E-state index contributed by atoms with van der Waals surface area (Å²) < 4.78 is 5.74. The van der Waals surface area contributed by atoms with Gasteiger partial charge in [-0.05, 0) is 43.5 Å². The molecule has 2 aromatic carbocycles. The van der Waals surface area contributed by atoms with E-state index in [0.717, 1.165) is 34.8 Å². The van der Waals surface area contributed by atoms with Gasteiger partial charge in [0.1, 0.15) is 5.75 Å². The first-order chi connectivity index (χ1) is 12.6. The molecule has 2 aromatic rings. The van der Waals surface area contributed by atoms with Crippen LogP contribution in [0.15, 0.2) is 88.7 Å². The lowest BCUT2D eigenvalue weighted by Crippen LogP contribution is -2.15. The zero-order valence-corrected chi connectivity index (χ0v) is 15.9. The third-order valence-corrected chi connectivity index (χ3v) is 5.74. The molecule has 0 fully saturated rings. The van der Waals surface area contributed by atoms with Gasteiger partial charge >= 0.3 is 0 Å². The van der Waals surface area contributed by atoms with Gasteiger partial charge in [-0.15, -0.1) is 0 Å². The Morgan fingerprint density at radius 2 is 1.65 bits per heavy atom. The molecule has 3 rings (SSSR count). The predicted molar refractivity (Wildman–Crippen MR) is 108 cm³/mol. The second-order valence-electron chi connectivity index (χ2n) is 6.77. The van der Waals surface area contributed by atoms with E-state index in [0.29, 0.717) is 12.2 Å². The second-order valence-corrected chi connectivity index (χ2v) is 7.88. The highest BCUT2D eigenvalue weighted by molar-refractivity contribution is 8.04. The van der Waals surface area contributed by atoms with Gasteiger partial charge in [-0.1, -0.05) is 67.7 Å². The van der Waals surface area contributed by atoms with E-state index in [1.807, 2.05) is 60.7 Å². The van der Waals surface area contributed by atoms with Crippen LogP contribution in [-0.2, 0) is 4.79 Å². The molecule has 3 heteroatoms. The molecule has 0 saturated carbocycles. The molecule has 2 nitrogen and oxygen atoms in total. The number of rotatable bonds is 8. The molecule has 0 aromatic heterocycles. The van der Waals surface area contributed by atoms with Gasteiger partial charge in [0.15, 0.2) is 5.78 Å². The summed E-state index contributed by atoms with van der Waals surface area (Å²) in [5.41, 5.74) is 0.459. The largest absolute Gasteiger partial charge is 0.494 e. The van der Waals surface area contributed by atoms with Gasteiger partial charge in [0, 0.05) is 15.9 Å². The molecule has 1 aliphatic carbocycles. The Labute approximate surface area is 160 Å². The number of allylic oxidation sites excluding steroid dienone is 3. The highest BCUT2D eigenvalue weighted by Gasteiger charge is 2.38. The molecular weight excluding hydrogens is 340 g/mol. The summed E-state index contributed by atoms with van der Waals surface area (Å²) in [5, 5.41) is 0. The first-order valence-corrected chi connectivity index (χ1v) is 9.78. The minimum Gasteiger partial charge on any atom is -0.494 e. The van der Waals surface area contributed by atoms with Gasteiger partial charge in [-0.25, -0.2) is 0 Å². The zero-order chi connectivity index (χ0) is 18.4. The molecule has 134 valence electrons. The highest BCUT2D eigenvalue weighted by Crippen LogP contribution is 2.46. The molecule has 0 bridgehead atoms. The van der Waals surface area contributed by atoms with E-state index in [1.54, 1.807) is 0 Å². The fraction of sp³-hybridized carbons (Fsp3) is 0.261. The van der Waals surface area contributed by atoms with Crippen molar-refractivity contribution in [3.63, 3.8) is 0 Å². The maximum atomic E-state index is 12.6. The van der Waals surface area contributed by atoms with Crippen molar-refractivity contribution in [2.75, 3.05) is 6.61 Å². The minimum atomic E-state index is -0.249. The monoisotopic (exact) mass is 364 g/mol. The molecule has 1 aliphatic rings. The molecule has 0 aliphatic heterocycles. The molecule has 0 amide bonds. The van der Waals surface area contributed by atoms with Gasteiger partial charge in [0.2, 0.25) is 0 Å². The Kier molecular flexibility index (Phi) is 6.00. The topological polar surface area (TPSA) is 26.3 Å². The van der Waals surface area contributed by atoms with Crippen LogP contribution in [0.4, 0.5) is 0 Å². The van der Waals surface area contributed by atoms with E-state index < -0.39 is 0 Å². The summed E-state index contributed by atoms with van der Waals surface area (Å²) in [4.78, 5) is 14.5. The Morgan fingerprint density at radius 3 is 2.35 bits per heavy atom. The van der Waals surface area contributed by atoms with Crippen molar-refractivity contribution in [1.82, 2.24) is 0 Å². The van der Waals surface area contributed by atoms with Crippen molar-refractivity contribution in [3.8, 4) is 5.75 Å². The lowest BCUT2D eigenvalue weighted by molar-refractivity contribution is -0.111. The molecule has 0 radical (unpaired) electrons. The van der Waals surface area contributed by atoms with Gasteiger partial charge in [-0.2, -0.15) is 0 Å². The van der Waals surface area contributed by atoms with Crippen molar-refractivity contribution in [2.24, 2.45) is 5.41 Å². The summed E-state index contributed by atoms with van der Waals surface area (Å²) in [5.74, 6) is 0.988. The summed E-state index contributed by atoms with van der Waals surface area (Å²) >= 11 is 1.53. The number of thioether (sulfide) groups is 1. The predicted octanol–water partition coefficient (Wildman–Crippen LogP) is 6.06. The van der Waals surface area contributed by atoms with Crippen LogP contribution >= 0.6 is 11.8 Å². The fourth-order valence-corrected chi connectivity index (χ4v) is 4.15. The highest BCUT2D eigenvalue weighted by atomic mass is 32.2. The summed E-state index contributed by atoms with van der Waals surface area (Å²) in [6, 6.07) is 19.9. The maximum Gasteiger partial charge on any atom is 0.195 e. The van der Waals surface area contributed by atoms with Gasteiger partial charge in [0.05, 0.1) is 11.5 Å². The summed E-state index contributed by atoms with van der Waals surface area (Å²) in [7, 11) is 0. The number of benzene rings is 2. The van der Waals surface area contributed by atoms with Crippen LogP contribution < -0.4 is 4.74 Å². The first kappa shape index (κ1) is 18.5. The number of unbranched alkanes of at least 4 members (excludes halogenated alkanes) is 1. The van der Waals surface area contributed by atoms with Crippen molar-refractivity contribution in [3.05, 3.63) is 83.8 Å². The quantitative estimate of drug-likeness (QED) is 0.421. The third kappa shape index (κ3) is 4.47. The number of ether oxygens (including phenoxy) is 1. The fourth-order valence-electron chi connectivity index (χ4n) is 3.07. The van der Waals surface area contributed by atoms with E-state index in [4.69, 9.17) is 4.74 Å². The van der Waals surface area contributed by atoms with Gasteiger partial charge in [0.25, 0.3) is 0 Å². The van der Waals surface area contributed by atoms with Crippen LogP contribution in [0.1, 0.15) is 26.2 Å². The Hall–Kier alpha value is -2.26. The molecule has 1 unspecified atom stereocenters. The average molecular weight is 365 g/mol. The SMILES string of the molecule is C=C1C(=O)C(Sc2ccccc2)=CC1(C)CCCCOc1ccccc1. The molecule has 1 atom stereocenters. The van der Waals surface area contributed by atoms with Crippen LogP contribution in [0.25, 0.3) is 0 Å². The number of carbonyl (C=O) groups excluding carboxylic acids is 1. The number of ketones is 1. The van der Waals surface area contributed by atoms with Crippen molar-refractivity contribution in [2.45, 2.75) is 31.1 Å². The normalized spacial score (nSPS) is 19.5. The summed E-state index contributed by atoms with van der Waals surface area (Å²) in [6.45, 7) is 6.89. The van der Waals surface area contributed by atoms with E-state index in [-0.39, 0.29) is 11.2 Å². The summed E-state index contributed by atoms with van der Waals surface area (Å²) in [6.07, 6.45) is 4.97. The molecule has 0 spiro atoms. The molecular formula is C23H24O2S. The van der Waals surface area contributed by atoms with Crippen molar-refractivity contribution < 1.29 is 9.53 Å². The Morgan fingerprint density at radius 1 is 1.00 bits per heavy atom. The molecule has 0 N–H and O–H groups in total. The van der Waals surface area contributed by atoms with Crippen LogP contribution in [-0.4, -0.2) is 12.4 Å². The van der Waals surface area contributed by atoms with E-state index >= 15 is 0 Å². The molecule has 0 heterocycles.